The first kappa shape index (κ1) is 17.7. The third-order valence-electron chi connectivity index (χ3n) is 4.51. The van der Waals surface area contributed by atoms with Crippen molar-refractivity contribution in [2.24, 2.45) is 0 Å². The van der Waals surface area contributed by atoms with Crippen molar-refractivity contribution in [1.82, 2.24) is 4.90 Å². The zero-order valence-electron chi connectivity index (χ0n) is 14.9. The monoisotopic (exact) mass is 347 g/mol. The summed E-state index contributed by atoms with van der Waals surface area (Å²) in [5, 5.41) is 12.7. The Morgan fingerprint density at radius 2 is 1.96 bits per heavy atom. The maximum absolute atomic E-state index is 12.1. The number of anilines is 1. The van der Waals surface area contributed by atoms with Gasteiger partial charge in [0, 0.05) is 24.0 Å². The zero-order valence-corrected chi connectivity index (χ0v) is 14.9. The second-order valence-corrected chi connectivity index (χ2v) is 6.33. The van der Waals surface area contributed by atoms with Crippen LogP contribution in [-0.4, -0.2) is 24.4 Å². The number of para-hydroxylation sites is 1. The molecular formula is C21H21N3O2. The lowest BCUT2D eigenvalue weighted by atomic mass is 10.2. The molecule has 5 nitrogen and oxygen atoms in total. The third-order valence-corrected chi connectivity index (χ3v) is 4.51. The highest BCUT2D eigenvalue weighted by Crippen LogP contribution is 2.26. The van der Waals surface area contributed by atoms with Gasteiger partial charge in [0.2, 0.25) is 5.91 Å². The van der Waals surface area contributed by atoms with Gasteiger partial charge in [0.1, 0.15) is 11.3 Å². The Morgan fingerprint density at radius 1 is 1.23 bits per heavy atom. The van der Waals surface area contributed by atoms with Gasteiger partial charge in [-0.3, -0.25) is 9.69 Å². The predicted molar refractivity (Wildman–Crippen MR) is 102 cm³/mol. The smallest absolute Gasteiger partial charge is 0.225 e. The average Bonchev–Trinajstić information content (AvgIpc) is 3.10. The highest BCUT2D eigenvalue weighted by Gasteiger charge is 2.17. The minimum atomic E-state index is -0.0571. The lowest BCUT2D eigenvalue weighted by molar-refractivity contribution is -0.116. The zero-order chi connectivity index (χ0) is 18.5. The van der Waals surface area contributed by atoms with E-state index in [0.29, 0.717) is 24.2 Å². The molecule has 1 N–H and O–H groups in total. The van der Waals surface area contributed by atoms with Gasteiger partial charge in [-0.05, 0) is 50.4 Å². The normalized spacial score (nSPS) is 12.1. The molecule has 1 amide bonds. The van der Waals surface area contributed by atoms with E-state index < -0.39 is 0 Å². The quantitative estimate of drug-likeness (QED) is 0.721. The lowest BCUT2D eigenvalue weighted by Gasteiger charge is -2.22. The molecule has 0 aliphatic carbocycles. The number of hydrogen-bond acceptors (Lipinski definition) is 4. The van der Waals surface area contributed by atoms with Gasteiger partial charge >= 0.3 is 0 Å². The van der Waals surface area contributed by atoms with Crippen molar-refractivity contribution in [3.8, 4) is 6.07 Å². The Labute approximate surface area is 152 Å². The Balaban J connectivity index is 1.54. The van der Waals surface area contributed by atoms with Crippen LogP contribution in [0.2, 0.25) is 0 Å². The van der Waals surface area contributed by atoms with Crippen LogP contribution in [0.5, 0.6) is 0 Å². The van der Waals surface area contributed by atoms with Crippen LogP contribution in [0, 0.1) is 11.3 Å². The van der Waals surface area contributed by atoms with E-state index in [0.717, 1.165) is 16.7 Å². The largest absolute Gasteiger partial charge is 0.459 e. The van der Waals surface area contributed by atoms with E-state index in [1.165, 1.54) is 0 Å². The number of rotatable bonds is 6. The lowest BCUT2D eigenvalue weighted by Crippen LogP contribution is -2.26. The molecule has 2 aromatic carbocycles. The summed E-state index contributed by atoms with van der Waals surface area (Å²) < 4.78 is 5.91. The van der Waals surface area contributed by atoms with Gasteiger partial charge in [0.15, 0.2) is 0 Å². The molecule has 1 unspecified atom stereocenters. The summed E-state index contributed by atoms with van der Waals surface area (Å²) in [6.45, 7) is 2.68. The van der Waals surface area contributed by atoms with Crippen molar-refractivity contribution in [2.75, 3.05) is 18.9 Å². The van der Waals surface area contributed by atoms with Gasteiger partial charge in [-0.15, -0.1) is 0 Å². The second kappa shape index (κ2) is 7.85. The molecule has 0 saturated heterocycles. The van der Waals surface area contributed by atoms with E-state index in [2.05, 4.69) is 23.2 Å². The SMILES string of the molecule is CC(c1cc2ccccc2o1)N(C)CCC(=O)Nc1ccc(C#N)cc1. The minimum absolute atomic E-state index is 0.0571. The summed E-state index contributed by atoms with van der Waals surface area (Å²) in [6, 6.07) is 18.9. The summed E-state index contributed by atoms with van der Waals surface area (Å²) in [4.78, 5) is 14.2. The molecule has 0 radical (unpaired) electrons. The molecule has 0 aliphatic heterocycles. The second-order valence-electron chi connectivity index (χ2n) is 6.33. The van der Waals surface area contributed by atoms with Gasteiger partial charge in [-0.2, -0.15) is 5.26 Å². The van der Waals surface area contributed by atoms with Crippen molar-refractivity contribution in [3.63, 3.8) is 0 Å². The maximum atomic E-state index is 12.1. The van der Waals surface area contributed by atoms with E-state index in [-0.39, 0.29) is 11.9 Å². The van der Waals surface area contributed by atoms with Crippen LogP contribution >= 0.6 is 0 Å². The number of fused-ring (bicyclic) bond motifs is 1. The Morgan fingerprint density at radius 3 is 2.65 bits per heavy atom. The predicted octanol–water partition coefficient (Wildman–Crippen LogP) is 4.33. The minimum Gasteiger partial charge on any atom is -0.459 e. The number of furan rings is 1. The molecule has 5 heteroatoms. The molecule has 132 valence electrons. The van der Waals surface area contributed by atoms with Gasteiger partial charge in [0.05, 0.1) is 17.7 Å². The first-order valence-electron chi connectivity index (χ1n) is 8.55. The Bertz CT molecular complexity index is 905. The summed E-state index contributed by atoms with van der Waals surface area (Å²) >= 11 is 0. The van der Waals surface area contributed by atoms with Crippen LogP contribution in [-0.2, 0) is 4.79 Å². The van der Waals surface area contributed by atoms with E-state index in [9.17, 15) is 4.79 Å². The standard InChI is InChI=1S/C21H21N3O2/c1-15(20-13-17-5-3-4-6-19(17)26-20)24(2)12-11-21(25)23-18-9-7-16(14-22)8-10-18/h3-10,13,15H,11-12H2,1-2H3,(H,23,25). The van der Waals surface area contributed by atoms with Crippen molar-refractivity contribution in [2.45, 2.75) is 19.4 Å². The summed E-state index contributed by atoms with van der Waals surface area (Å²) in [7, 11) is 1.98. The van der Waals surface area contributed by atoms with Gasteiger partial charge in [0.25, 0.3) is 0 Å². The highest BCUT2D eigenvalue weighted by atomic mass is 16.3. The fourth-order valence-electron chi connectivity index (χ4n) is 2.75. The van der Waals surface area contributed by atoms with E-state index in [1.807, 2.05) is 37.4 Å². The van der Waals surface area contributed by atoms with Gasteiger partial charge in [-0.25, -0.2) is 0 Å². The number of amides is 1. The van der Waals surface area contributed by atoms with Gasteiger partial charge < -0.3 is 9.73 Å². The van der Waals surface area contributed by atoms with Crippen molar-refractivity contribution >= 4 is 22.6 Å². The molecule has 1 atom stereocenters. The van der Waals surface area contributed by atoms with Crippen LogP contribution in [0.4, 0.5) is 5.69 Å². The molecule has 1 aromatic heterocycles. The summed E-state index contributed by atoms with van der Waals surface area (Å²) in [6.07, 6.45) is 0.376. The first-order chi connectivity index (χ1) is 12.6. The molecule has 0 aliphatic rings. The molecule has 1 heterocycles. The van der Waals surface area contributed by atoms with Crippen molar-refractivity contribution in [1.29, 1.82) is 5.26 Å². The molecule has 0 bridgehead atoms. The van der Waals surface area contributed by atoms with Crippen molar-refractivity contribution < 1.29 is 9.21 Å². The van der Waals surface area contributed by atoms with Crippen LogP contribution in [0.25, 0.3) is 11.0 Å². The molecule has 0 spiro atoms. The molecule has 3 rings (SSSR count). The molecule has 0 saturated carbocycles. The average molecular weight is 347 g/mol. The molecular weight excluding hydrogens is 326 g/mol. The van der Waals surface area contributed by atoms with Crippen LogP contribution in [0.1, 0.15) is 30.7 Å². The summed E-state index contributed by atoms with van der Waals surface area (Å²) in [5.74, 6) is 0.833. The number of carbonyl (C=O) groups excluding carboxylic acids is 1. The molecule has 3 aromatic rings. The molecule has 26 heavy (non-hydrogen) atoms. The number of benzene rings is 2. The number of hydrogen-bond donors (Lipinski definition) is 1. The van der Waals surface area contributed by atoms with E-state index >= 15 is 0 Å². The van der Waals surface area contributed by atoms with Gasteiger partial charge in [-0.1, -0.05) is 18.2 Å². The first-order valence-corrected chi connectivity index (χ1v) is 8.55. The maximum Gasteiger partial charge on any atom is 0.225 e. The fourth-order valence-corrected chi connectivity index (χ4v) is 2.75. The fraction of sp³-hybridized carbons (Fsp3) is 0.238. The third kappa shape index (κ3) is 4.11. The Kier molecular flexibility index (Phi) is 5.35. The van der Waals surface area contributed by atoms with Crippen molar-refractivity contribution in [3.05, 3.63) is 65.9 Å². The van der Waals surface area contributed by atoms with E-state index in [4.69, 9.17) is 9.68 Å². The van der Waals surface area contributed by atoms with Crippen LogP contribution in [0.3, 0.4) is 0 Å². The van der Waals surface area contributed by atoms with E-state index in [1.54, 1.807) is 24.3 Å². The molecule has 0 fully saturated rings. The highest BCUT2D eigenvalue weighted by molar-refractivity contribution is 5.90. The Hall–Kier alpha value is -3.10. The number of nitrogens with one attached hydrogen (secondary N) is 1. The van der Waals surface area contributed by atoms with Crippen LogP contribution in [0.15, 0.2) is 59.0 Å². The van der Waals surface area contributed by atoms with Crippen LogP contribution < -0.4 is 5.32 Å². The summed E-state index contributed by atoms with van der Waals surface area (Å²) in [5.41, 5.74) is 2.14. The number of nitriles is 1. The number of carbonyl (C=O) groups is 1. The topological polar surface area (TPSA) is 69.3 Å². The number of nitrogens with zero attached hydrogens (tertiary/aromatic N) is 2.